The summed E-state index contributed by atoms with van der Waals surface area (Å²) >= 11 is 1.21. The van der Waals surface area contributed by atoms with Crippen LogP contribution in [0.25, 0.3) is 33.0 Å². The van der Waals surface area contributed by atoms with Gasteiger partial charge >= 0.3 is 5.97 Å². The van der Waals surface area contributed by atoms with Crippen LogP contribution in [-0.2, 0) is 4.79 Å². The highest BCUT2D eigenvalue weighted by molar-refractivity contribution is 8.14. The summed E-state index contributed by atoms with van der Waals surface area (Å²) in [5, 5.41) is 24.7. The van der Waals surface area contributed by atoms with E-state index >= 15 is 0 Å². The molecule has 5 rings (SSSR count). The van der Waals surface area contributed by atoms with Gasteiger partial charge in [0.15, 0.2) is 0 Å². The molecule has 164 valence electrons. The van der Waals surface area contributed by atoms with Gasteiger partial charge in [-0.2, -0.15) is 5.10 Å². The molecule has 7 heteroatoms. The predicted octanol–water partition coefficient (Wildman–Crippen LogP) is 6.10. The molecule has 2 heterocycles. The van der Waals surface area contributed by atoms with Crippen LogP contribution in [-0.4, -0.2) is 32.7 Å². The number of fused-ring (bicyclic) bond motifs is 1. The number of aryl methyl sites for hydroxylation is 2. The monoisotopic (exact) mass is 455 g/mol. The molecule has 6 nitrogen and oxygen atoms in total. The predicted molar refractivity (Wildman–Crippen MR) is 133 cm³/mol. The molecule has 1 aliphatic rings. The summed E-state index contributed by atoms with van der Waals surface area (Å²) in [4.78, 5) is 10.9. The van der Waals surface area contributed by atoms with Crippen molar-refractivity contribution in [1.29, 1.82) is 0 Å². The van der Waals surface area contributed by atoms with Crippen molar-refractivity contribution in [2.75, 3.05) is 5.75 Å². The smallest absolute Gasteiger partial charge is 0.313 e. The fraction of sp³-hybridized carbons (Fsp3) is 0.154. The maximum absolute atomic E-state index is 10.9. The highest BCUT2D eigenvalue weighted by atomic mass is 32.2. The van der Waals surface area contributed by atoms with Crippen molar-refractivity contribution >= 4 is 39.3 Å². The lowest BCUT2D eigenvalue weighted by Gasteiger charge is -2.11. The van der Waals surface area contributed by atoms with Crippen LogP contribution in [0.4, 0.5) is 0 Å². The molecule has 3 aromatic carbocycles. The van der Waals surface area contributed by atoms with Gasteiger partial charge in [0.05, 0.1) is 17.2 Å². The molecule has 0 radical (unpaired) electrons. The van der Waals surface area contributed by atoms with Crippen molar-refractivity contribution in [1.82, 2.24) is 5.16 Å². The SMILES string of the molecule is Cc1noc(C)c1-c1cc(C2=NN=C(SCC(=O)O)C2)cc(-c2ccc3ccccc3c2)c1. The molecular weight excluding hydrogens is 434 g/mol. The van der Waals surface area contributed by atoms with Crippen molar-refractivity contribution in [3.8, 4) is 22.3 Å². The van der Waals surface area contributed by atoms with Crippen molar-refractivity contribution in [3.05, 3.63) is 77.7 Å². The number of aliphatic carboxylic acids is 1. The van der Waals surface area contributed by atoms with Crippen LogP contribution < -0.4 is 0 Å². The van der Waals surface area contributed by atoms with Gasteiger partial charge in [-0.1, -0.05) is 53.3 Å². The minimum Gasteiger partial charge on any atom is -0.481 e. The van der Waals surface area contributed by atoms with E-state index in [-0.39, 0.29) is 5.75 Å². The number of hydrogen-bond acceptors (Lipinski definition) is 6. The maximum atomic E-state index is 10.9. The van der Waals surface area contributed by atoms with Crippen LogP contribution in [0.5, 0.6) is 0 Å². The van der Waals surface area contributed by atoms with Gasteiger partial charge in [-0.25, -0.2) is 0 Å². The lowest BCUT2D eigenvalue weighted by Crippen LogP contribution is -2.06. The second kappa shape index (κ2) is 8.67. The number of carboxylic acid groups (broad SMARTS) is 1. The van der Waals surface area contributed by atoms with Crippen LogP contribution in [0.15, 0.2) is 75.4 Å². The topological polar surface area (TPSA) is 88.0 Å². The Morgan fingerprint density at radius 2 is 1.70 bits per heavy atom. The van der Waals surface area contributed by atoms with Crippen molar-refractivity contribution in [2.45, 2.75) is 20.3 Å². The van der Waals surface area contributed by atoms with Crippen molar-refractivity contribution in [3.63, 3.8) is 0 Å². The van der Waals surface area contributed by atoms with Crippen LogP contribution in [0, 0.1) is 13.8 Å². The fourth-order valence-electron chi connectivity index (χ4n) is 4.08. The largest absolute Gasteiger partial charge is 0.481 e. The summed E-state index contributed by atoms with van der Waals surface area (Å²) in [7, 11) is 0. The highest BCUT2D eigenvalue weighted by Gasteiger charge is 2.20. The van der Waals surface area contributed by atoms with Gasteiger partial charge in [-0.3, -0.25) is 4.79 Å². The van der Waals surface area contributed by atoms with E-state index in [0.717, 1.165) is 45.0 Å². The number of hydrogen-bond donors (Lipinski definition) is 1. The molecule has 0 saturated carbocycles. The summed E-state index contributed by atoms with van der Waals surface area (Å²) in [6, 6.07) is 21.1. The summed E-state index contributed by atoms with van der Waals surface area (Å²) in [6.45, 7) is 3.85. The summed E-state index contributed by atoms with van der Waals surface area (Å²) in [6.07, 6.45) is 0.514. The van der Waals surface area contributed by atoms with E-state index in [1.807, 2.05) is 26.0 Å². The van der Waals surface area contributed by atoms with Crippen LogP contribution in [0.2, 0.25) is 0 Å². The molecule has 0 bridgehead atoms. The third-order valence-corrected chi connectivity index (χ3v) is 6.58. The van der Waals surface area contributed by atoms with Crippen LogP contribution >= 0.6 is 11.8 Å². The third kappa shape index (κ3) is 4.32. The van der Waals surface area contributed by atoms with Gasteiger partial charge < -0.3 is 9.63 Å². The summed E-state index contributed by atoms with van der Waals surface area (Å²) < 4.78 is 5.43. The number of carboxylic acids is 1. The lowest BCUT2D eigenvalue weighted by atomic mass is 9.92. The average molecular weight is 456 g/mol. The van der Waals surface area contributed by atoms with E-state index in [1.165, 1.54) is 22.5 Å². The second-order valence-electron chi connectivity index (χ2n) is 7.96. The van der Waals surface area contributed by atoms with Gasteiger partial charge in [0.25, 0.3) is 0 Å². The molecule has 0 saturated heterocycles. The van der Waals surface area contributed by atoms with E-state index in [4.69, 9.17) is 9.63 Å². The number of carbonyl (C=O) groups is 1. The molecule has 4 aromatic rings. The summed E-state index contributed by atoms with van der Waals surface area (Å²) in [5.74, 6) is -0.130. The van der Waals surface area contributed by atoms with Gasteiger partial charge in [0, 0.05) is 12.0 Å². The number of aromatic nitrogens is 1. The Kier molecular flexibility index (Phi) is 5.56. The number of nitrogens with zero attached hydrogens (tertiary/aromatic N) is 3. The van der Waals surface area contributed by atoms with Gasteiger partial charge in [0.1, 0.15) is 10.8 Å². The Labute approximate surface area is 195 Å². The van der Waals surface area contributed by atoms with Gasteiger partial charge in [-0.15, -0.1) is 5.10 Å². The van der Waals surface area contributed by atoms with Gasteiger partial charge in [0.2, 0.25) is 0 Å². The first-order valence-electron chi connectivity index (χ1n) is 10.5. The Balaban J connectivity index is 1.58. The number of thioether (sulfide) groups is 1. The first-order valence-corrected chi connectivity index (χ1v) is 11.5. The average Bonchev–Trinajstić information content (AvgIpc) is 3.43. The molecule has 33 heavy (non-hydrogen) atoms. The number of benzene rings is 3. The van der Waals surface area contributed by atoms with E-state index in [9.17, 15) is 4.79 Å². The van der Waals surface area contributed by atoms with Crippen LogP contribution in [0.3, 0.4) is 0 Å². The second-order valence-corrected chi connectivity index (χ2v) is 9.01. The minimum atomic E-state index is -0.866. The molecular formula is C26H21N3O3S. The zero-order valence-corrected chi connectivity index (χ0v) is 19.0. The molecule has 0 aliphatic carbocycles. The molecule has 0 fully saturated rings. The molecule has 1 aliphatic heterocycles. The minimum absolute atomic E-state index is 0.0247. The molecule has 0 amide bonds. The summed E-state index contributed by atoms with van der Waals surface area (Å²) in [5.41, 5.74) is 6.73. The maximum Gasteiger partial charge on any atom is 0.313 e. The van der Waals surface area contributed by atoms with Crippen molar-refractivity contribution in [2.24, 2.45) is 10.2 Å². The first-order chi connectivity index (χ1) is 16.0. The Morgan fingerprint density at radius 1 is 0.939 bits per heavy atom. The molecule has 0 spiro atoms. The zero-order valence-electron chi connectivity index (χ0n) is 18.2. The Morgan fingerprint density at radius 3 is 2.45 bits per heavy atom. The Hall–Kier alpha value is -3.71. The first kappa shape index (κ1) is 21.2. The zero-order chi connectivity index (χ0) is 22.9. The van der Waals surface area contributed by atoms with Crippen LogP contribution in [0.1, 0.15) is 23.4 Å². The highest BCUT2D eigenvalue weighted by Crippen LogP contribution is 2.34. The van der Waals surface area contributed by atoms with E-state index in [2.05, 4.69) is 63.9 Å². The molecule has 0 unspecified atom stereocenters. The normalized spacial score (nSPS) is 13.3. The van der Waals surface area contributed by atoms with E-state index in [0.29, 0.717) is 11.5 Å². The standard InChI is InChI=1S/C26H21N3O3S/c1-15-26(16(2)32-29-15)22-11-20(19-8-7-17-5-3-4-6-18(17)9-19)10-21(12-22)23-13-24(28-27-23)33-14-25(30)31/h3-12H,13-14H2,1-2H3,(H,30,31). The van der Waals surface area contributed by atoms with E-state index < -0.39 is 5.97 Å². The fourth-order valence-corrected chi connectivity index (χ4v) is 4.71. The lowest BCUT2D eigenvalue weighted by molar-refractivity contribution is -0.133. The molecule has 0 atom stereocenters. The molecule has 1 aromatic heterocycles. The number of rotatable bonds is 5. The molecule has 1 N–H and O–H groups in total. The third-order valence-electron chi connectivity index (χ3n) is 5.63. The quantitative estimate of drug-likeness (QED) is 0.393. The van der Waals surface area contributed by atoms with Gasteiger partial charge in [-0.05, 0) is 71.1 Å². The van der Waals surface area contributed by atoms with E-state index in [1.54, 1.807) is 0 Å². The van der Waals surface area contributed by atoms with Crippen molar-refractivity contribution < 1.29 is 14.4 Å². The Bertz CT molecular complexity index is 1430.